The summed E-state index contributed by atoms with van der Waals surface area (Å²) in [5.41, 5.74) is 2.20. The zero-order valence-corrected chi connectivity index (χ0v) is 20.6. The molecule has 1 fully saturated rings. The third-order valence-electron chi connectivity index (χ3n) is 7.13. The molecule has 3 aromatic carbocycles. The minimum atomic E-state index is -3.65. The summed E-state index contributed by atoms with van der Waals surface area (Å²) in [6.45, 7) is 3.31. The first-order valence-electron chi connectivity index (χ1n) is 12.0. The Hall–Kier alpha value is -3.23. The molecule has 0 saturated carbocycles. The molecule has 2 aliphatic heterocycles. The van der Waals surface area contributed by atoms with Crippen LogP contribution in [0.25, 0.3) is 10.8 Å². The number of hydrogen-bond acceptors (Lipinski definition) is 4. The first kappa shape index (κ1) is 23.5. The zero-order chi connectivity index (χ0) is 24.6. The van der Waals surface area contributed by atoms with Gasteiger partial charge in [-0.3, -0.25) is 9.59 Å². The summed E-state index contributed by atoms with van der Waals surface area (Å²) < 4.78 is 28.0. The van der Waals surface area contributed by atoms with Crippen molar-refractivity contribution >= 4 is 32.6 Å². The van der Waals surface area contributed by atoms with Crippen LogP contribution in [0.4, 0.5) is 0 Å². The van der Waals surface area contributed by atoms with E-state index in [0.717, 1.165) is 22.8 Å². The number of carbonyl (C=O) groups excluding carboxylic acids is 2. The van der Waals surface area contributed by atoms with Crippen LogP contribution in [0.5, 0.6) is 0 Å². The molecule has 35 heavy (non-hydrogen) atoms. The van der Waals surface area contributed by atoms with Crippen molar-refractivity contribution in [3.05, 3.63) is 77.9 Å². The second-order valence-corrected chi connectivity index (χ2v) is 11.1. The Morgan fingerprint density at radius 1 is 0.857 bits per heavy atom. The van der Waals surface area contributed by atoms with E-state index in [1.165, 1.54) is 9.87 Å². The molecule has 1 unspecified atom stereocenters. The van der Waals surface area contributed by atoms with Crippen LogP contribution in [0.2, 0.25) is 0 Å². The Labute approximate surface area is 206 Å². The summed E-state index contributed by atoms with van der Waals surface area (Å²) in [6, 6.07) is 20.5. The van der Waals surface area contributed by atoms with Crippen LogP contribution >= 0.6 is 0 Å². The van der Waals surface area contributed by atoms with Crippen LogP contribution in [0.1, 0.15) is 30.5 Å². The van der Waals surface area contributed by atoms with Crippen molar-refractivity contribution in [1.29, 1.82) is 0 Å². The maximum atomic E-state index is 13.3. The molecule has 2 aliphatic rings. The third kappa shape index (κ3) is 4.56. The predicted molar refractivity (Wildman–Crippen MR) is 134 cm³/mol. The van der Waals surface area contributed by atoms with E-state index in [4.69, 9.17) is 0 Å². The molecule has 5 rings (SSSR count). The van der Waals surface area contributed by atoms with Crippen LogP contribution in [-0.4, -0.2) is 67.1 Å². The number of fused-ring (bicyclic) bond motifs is 2. The smallest absolute Gasteiger partial charge is 0.243 e. The second-order valence-electron chi connectivity index (χ2n) is 9.17. The predicted octanol–water partition coefficient (Wildman–Crippen LogP) is 3.21. The van der Waals surface area contributed by atoms with Gasteiger partial charge in [0.15, 0.2) is 0 Å². The molecule has 2 heterocycles. The number of benzene rings is 3. The van der Waals surface area contributed by atoms with Gasteiger partial charge in [-0.25, -0.2) is 8.42 Å². The molecule has 0 aliphatic carbocycles. The SMILES string of the molecule is CC(=O)N1CCc2ccccc2C1CC(=O)N1CCN(S(=O)(=O)c2ccc3ccccc3c2)CC1. The fraction of sp³-hybridized carbons (Fsp3) is 0.333. The maximum absolute atomic E-state index is 13.3. The van der Waals surface area contributed by atoms with E-state index in [-0.39, 0.29) is 42.3 Å². The molecule has 0 spiro atoms. The van der Waals surface area contributed by atoms with Crippen LogP contribution in [0.15, 0.2) is 71.6 Å². The highest BCUT2D eigenvalue weighted by Gasteiger charge is 2.34. The van der Waals surface area contributed by atoms with E-state index in [9.17, 15) is 18.0 Å². The molecule has 1 atom stereocenters. The number of nitrogens with zero attached hydrogens (tertiary/aromatic N) is 3. The van der Waals surface area contributed by atoms with Gasteiger partial charge in [0, 0.05) is 39.6 Å². The molecule has 182 valence electrons. The lowest BCUT2D eigenvalue weighted by molar-refractivity contribution is -0.137. The Balaban J connectivity index is 1.27. The number of piperazine rings is 1. The van der Waals surface area contributed by atoms with E-state index in [0.29, 0.717) is 19.6 Å². The van der Waals surface area contributed by atoms with Gasteiger partial charge in [-0.1, -0.05) is 54.6 Å². The van der Waals surface area contributed by atoms with Gasteiger partial charge >= 0.3 is 0 Å². The Morgan fingerprint density at radius 3 is 2.29 bits per heavy atom. The fourth-order valence-electron chi connectivity index (χ4n) is 5.20. The van der Waals surface area contributed by atoms with Crippen molar-refractivity contribution < 1.29 is 18.0 Å². The lowest BCUT2D eigenvalue weighted by Gasteiger charge is -2.39. The van der Waals surface area contributed by atoms with Crippen molar-refractivity contribution in [2.24, 2.45) is 0 Å². The van der Waals surface area contributed by atoms with Gasteiger partial charge in [0.25, 0.3) is 0 Å². The fourth-order valence-corrected chi connectivity index (χ4v) is 6.66. The van der Waals surface area contributed by atoms with Crippen LogP contribution in [-0.2, 0) is 26.0 Å². The summed E-state index contributed by atoms with van der Waals surface area (Å²) in [7, 11) is -3.65. The highest BCUT2D eigenvalue weighted by molar-refractivity contribution is 7.89. The summed E-state index contributed by atoms with van der Waals surface area (Å²) in [6.07, 6.45) is 0.986. The van der Waals surface area contributed by atoms with Crippen molar-refractivity contribution in [2.45, 2.75) is 30.7 Å². The minimum absolute atomic E-state index is 0.0383. The molecule has 0 radical (unpaired) electrons. The van der Waals surface area contributed by atoms with E-state index in [1.807, 2.05) is 48.5 Å². The standard InChI is InChI=1S/C27H29N3O4S/c1-20(31)30-13-12-22-7-4-5-9-25(22)26(30)19-27(32)28-14-16-29(17-15-28)35(33,34)24-11-10-21-6-2-3-8-23(21)18-24/h2-11,18,26H,12-17,19H2,1H3. The third-order valence-corrected chi connectivity index (χ3v) is 9.03. The molecule has 7 nitrogen and oxygen atoms in total. The molecule has 0 N–H and O–H groups in total. The van der Waals surface area contributed by atoms with Gasteiger partial charge in [-0.2, -0.15) is 4.31 Å². The lowest BCUT2D eigenvalue weighted by atomic mass is 9.90. The average molecular weight is 492 g/mol. The maximum Gasteiger partial charge on any atom is 0.243 e. The van der Waals surface area contributed by atoms with Crippen molar-refractivity contribution in [2.75, 3.05) is 32.7 Å². The first-order chi connectivity index (χ1) is 16.8. The Morgan fingerprint density at radius 2 is 1.54 bits per heavy atom. The van der Waals surface area contributed by atoms with E-state index in [1.54, 1.807) is 28.9 Å². The average Bonchev–Trinajstić information content (AvgIpc) is 2.88. The topological polar surface area (TPSA) is 78.0 Å². The molecule has 0 aromatic heterocycles. The summed E-state index contributed by atoms with van der Waals surface area (Å²) in [5.74, 6) is -0.0932. The minimum Gasteiger partial charge on any atom is -0.340 e. The van der Waals surface area contributed by atoms with Crippen molar-refractivity contribution in [1.82, 2.24) is 14.1 Å². The molecule has 2 amide bonds. The normalized spacial score (nSPS) is 18.9. The largest absolute Gasteiger partial charge is 0.340 e. The van der Waals surface area contributed by atoms with Gasteiger partial charge in [0.2, 0.25) is 21.8 Å². The molecule has 0 bridgehead atoms. The number of carbonyl (C=O) groups is 2. The van der Waals surface area contributed by atoms with E-state index < -0.39 is 10.0 Å². The number of rotatable bonds is 4. The highest BCUT2D eigenvalue weighted by atomic mass is 32.2. The monoisotopic (exact) mass is 491 g/mol. The van der Waals surface area contributed by atoms with E-state index >= 15 is 0 Å². The number of hydrogen-bond donors (Lipinski definition) is 0. The second kappa shape index (κ2) is 9.43. The molecule has 1 saturated heterocycles. The van der Waals surface area contributed by atoms with Crippen molar-refractivity contribution in [3.63, 3.8) is 0 Å². The Kier molecular flexibility index (Phi) is 6.34. The van der Waals surface area contributed by atoms with E-state index in [2.05, 4.69) is 6.07 Å². The molecule has 3 aromatic rings. The van der Waals surface area contributed by atoms with Gasteiger partial charge < -0.3 is 9.80 Å². The molecule has 8 heteroatoms. The van der Waals surface area contributed by atoms with Crippen molar-refractivity contribution in [3.8, 4) is 0 Å². The zero-order valence-electron chi connectivity index (χ0n) is 19.8. The van der Waals surface area contributed by atoms with Crippen LogP contribution in [0.3, 0.4) is 0 Å². The summed E-state index contributed by atoms with van der Waals surface area (Å²) >= 11 is 0. The first-order valence-corrected chi connectivity index (χ1v) is 13.4. The number of amides is 2. The summed E-state index contributed by atoms with van der Waals surface area (Å²) in [5, 5.41) is 1.87. The highest BCUT2D eigenvalue weighted by Crippen LogP contribution is 2.33. The van der Waals surface area contributed by atoms with Crippen LogP contribution < -0.4 is 0 Å². The summed E-state index contributed by atoms with van der Waals surface area (Å²) in [4.78, 5) is 29.3. The van der Waals surface area contributed by atoms with Crippen LogP contribution in [0, 0.1) is 0 Å². The van der Waals surface area contributed by atoms with Gasteiger partial charge in [-0.05, 0) is 40.5 Å². The quantitative estimate of drug-likeness (QED) is 0.562. The molecular weight excluding hydrogens is 462 g/mol. The van der Waals surface area contributed by atoms with Gasteiger partial charge in [0.1, 0.15) is 0 Å². The lowest BCUT2D eigenvalue weighted by Crippen LogP contribution is -2.51. The Bertz CT molecular complexity index is 1380. The van der Waals surface area contributed by atoms with Gasteiger partial charge in [0.05, 0.1) is 17.4 Å². The molecular formula is C27H29N3O4S. The number of sulfonamides is 1. The van der Waals surface area contributed by atoms with Gasteiger partial charge in [-0.15, -0.1) is 0 Å².